The summed E-state index contributed by atoms with van der Waals surface area (Å²) in [4.78, 5) is 0. The summed E-state index contributed by atoms with van der Waals surface area (Å²) in [7, 11) is 1.72. The van der Waals surface area contributed by atoms with Gasteiger partial charge in [0.2, 0.25) is 0 Å². The van der Waals surface area contributed by atoms with Gasteiger partial charge in [0.05, 0.1) is 6.61 Å². The second kappa shape index (κ2) is 7.93. The molecule has 1 aromatic rings. The van der Waals surface area contributed by atoms with Crippen LogP contribution >= 0.6 is 23.2 Å². The van der Waals surface area contributed by atoms with Gasteiger partial charge in [0.1, 0.15) is 0 Å². The number of halogens is 2. The maximum Gasteiger partial charge on any atom is 0.0615 e. The third-order valence-electron chi connectivity index (χ3n) is 2.52. The molecule has 0 saturated carbocycles. The quantitative estimate of drug-likeness (QED) is 0.815. The molecule has 0 amide bonds. The van der Waals surface area contributed by atoms with Gasteiger partial charge in [0, 0.05) is 29.7 Å². The maximum atomic E-state index is 5.95. The van der Waals surface area contributed by atoms with E-state index in [4.69, 9.17) is 27.9 Å². The summed E-state index contributed by atoms with van der Waals surface area (Å²) >= 11 is 11.9. The molecule has 0 aliphatic carbocycles. The zero-order valence-corrected chi connectivity index (χ0v) is 11.8. The Hall–Kier alpha value is -0.280. The summed E-state index contributed by atoms with van der Waals surface area (Å²) in [6.07, 6.45) is 2.24. The van der Waals surface area contributed by atoms with Crippen molar-refractivity contribution in [1.29, 1.82) is 0 Å². The van der Waals surface area contributed by atoms with Gasteiger partial charge in [-0.15, -0.1) is 0 Å². The van der Waals surface area contributed by atoms with Crippen LogP contribution in [0.1, 0.15) is 25.3 Å². The summed E-state index contributed by atoms with van der Waals surface area (Å²) in [6, 6.07) is 5.97. The zero-order chi connectivity index (χ0) is 12.7. The van der Waals surface area contributed by atoms with Crippen molar-refractivity contribution in [2.24, 2.45) is 0 Å². The van der Waals surface area contributed by atoms with E-state index in [9.17, 15) is 0 Å². The largest absolute Gasteiger partial charge is 0.383 e. The Morgan fingerprint density at radius 3 is 2.41 bits per heavy atom. The molecule has 0 heterocycles. The molecule has 0 saturated heterocycles. The SMILES string of the molecule is CCCC(COC)NCc1cc(Cl)cc(Cl)c1. The molecule has 0 fully saturated rings. The first-order chi connectivity index (χ1) is 8.15. The predicted octanol–water partition coefficient (Wildman–Crippen LogP) is 3.90. The summed E-state index contributed by atoms with van der Waals surface area (Å²) < 4.78 is 5.18. The Morgan fingerprint density at radius 2 is 1.88 bits per heavy atom. The smallest absolute Gasteiger partial charge is 0.0615 e. The molecular formula is C13H19Cl2NO. The van der Waals surface area contributed by atoms with Crippen LogP contribution in [-0.2, 0) is 11.3 Å². The molecule has 1 aromatic carbocycles. The summed E-state index contributed by atoms with van der Waals surface area (Å²) in [5.74, 6) is 0. The molecule has 17 heavy (non-hydrogen) atoms. The Bertz CT molecular complexity index is 318. The van der Waals surface area contributed by atoms with Crippen LogP contribution in [0.5, 0.6) is 0 Å². The van der Waals surface area contributed by atoms with Crippen molar-refractivity contribution in [2.75, 3.05) is 13.7 Å². The average molecular weight is 276 g/mol. The minimum Gasteiger partial charge on any atom is -0.383 e. The zero-order valence-electron chi connectivity index (χ0n) is 10.3. The molecular weight excluding hydrogens is 257 g/mol. The molecule has 0 radical (unpaired) electrons. The van der Waals surface area contributed by atoms with Gasteiger partial charge in [-0.25, -0.2) is 0 Å². The first-order valence-electron chi connectivity index (χ1n) is 5.83. The van der Waals surface area contributed by atoms with Crippen LogP contribution in [0.3, 0.4) is 0 Å². The van der Waals surface area contributed by atoms with Gasteiger partial charge >= 0.3 is 0 Å². The molecule has 0 aromatic heterocycles. The molecule has 0 aliphatic heterocycles. The number of hydrogen-bond donors (Lipinski definition) is 1. The lowest BCUT2D eigenvalue weighted by atomic mass is 10.1. The fraction of sp³-hybridized carbons (Fsp3) is 0.538. The average Bonchev–Trinajstić information content (AvgIpc) is 2.25. The minimum atomic E-state index is 0.378. The topological polar surface area (TPSA) is 21.3 Å². The molecule has 4 heteroatoms. The highest BCUT2D eigenvalue weighted by atomic mass is 35.5. The molecule has 0 spiro atoms. The van der Waals surface area contributed by atoms with E-state index >= 15 is 0 Å². The number of nitrogens with one attached hydrogen (secondary N) is 1. The van der Waals surface area contributed by atoms with Crippen LogP contribution < -0.4 is 5.32 Å². The van der Waals surface area contributed by atoms with Crippen LogP contribution in [0.2, 0.25) is 10.0 Å². The van der Waals surface area contributed by atoms with Crippen LogP contribution in [0.25, 0.3) is 0 Å². The lowest BCUT2D eigenvalue weighted by Crippen LogP contribution is -2.32. The second-order valence-electron chi connectivity index (χ2n) is 4.10. The van der Waals surface area contributed by atoms with Gasteiger partial charge in [-0.1, -0.05) is 36.5 Å². The molecule has 1 rings (SSSR count). The molecule has 1 N–H and O–H groups in total. The van der Waals surface area contributed by atoms with Crippen molar-refractivity contribution in [2.45, 2.75) is 32.4 Å². The Labute approximate surface area is 113 Å². The maximum absolute atomic E-state index is 5.95. The number of methoxy groups -OCH3 is 1. The van der Waals surface area contributed by atoms with Gasteiger partial charge in [0.15, 0.2) is 0 Å². The van der Waals surface area contributed by atoms with E-state index < -0.39 is 0 Å². The van der Waals surface area contributed by atoms with Gasteiger partial charge < -0.3 is 10.1 Å². The number of hydrogen-bond acceptors (Lipinski definition) is 2. The number of benzene rings is 1. The van der Waals surface area contributed by atoms with E-state index in [-0.39, 0.29) is 0 Å². The van der Waals surface area contributed by atoms with Gasteiger partial charge in [-0.2, -0.15) is 0 Å². The van der Waals surface area contributed by atoms with E-state index in [2.05, 4.69) is 12.2 Å². The monoisotopic (exact) mass is 275 g/mol. The summed E-state index contributed by atoms with van der Waals surface area (Å²) in [5, 5.41) is 4.80. The lowest BCUT2D eigenvalue weighted by molar-refractivity contribution is 0.161. The van der Waals surface area contributed by atoms with E-state index in [1.165, 1.54) is 0 Å². The second-order valence-corrected chi connectivity index (χ2v) is 4.97. The van der Waals surface area contributed by atoms with Gasteiger partial charge in [0.25, 0.3) is 0 Å². The standard InChI is InChI=1S/C13H19Cl2NO/c1-3-4-13(9-17-2)16-8-10-5-11(14)7-12(15)6-10/h5-7,13,16H,3-4,8-9H2,1-2H3. The fourth-order valence-electron chi connectivity index (χ4n) is 1.77. The van der Waals surface area contributed by atoms with E-state index in [0.717, 1.165) is 31.6 Å². The van der Waals surface area contributed by atoms with Crippen molar-refractivity contribution >= 4 is 23.2 Å². The van der Waals surface area contributed by atoms with Crippen molar-refractivity contribution < 1.29 is 4.74 Å². The molecule has 1 atom stereocenters. The normalized spacial score (nSPS) is 12.7. The molecule has 0 bridgehead atoms. The lowest BCUT2D eigenvalue weighted by Gasteiger charge is -2.17. The highest BCUT2D eigenvalue weighted by Crippen LogP contribution is 2.19. The third kappa shape index (κ3) is 5.73. The Kier molecular flexibility index (Phi) is 6.90. The van der Waals surface area contributed by atoms with Crippen LogP contribution in [0.15, 0.2) is 18.2 Å². The first-order valence-corrected chi connectivity index (χ1v) is 6.58. The predicted molar refractivity (Wildman–Crippen MR) is 73.9 cm³/mol. The van der Waals surface area contributed by atoms with Crippen molar-refractivity contribution in [3.8, 4) is 0 Å². The molecule has 96 valence electrons. The number of rotatable bonds is 7. The minimum absolute atomic E-state index is 0.378. The number of ether oxygens (including phenoxy) is 1. The highest BCUT2D eigenvalue weighted by Gasteiger charge is 2.07. The molecule has 1 unspecified atom stereocenters. The van der Waals surface area contributed by atoms with Crippen LogP contribution in [0.4, 0.5) is 0 Å². The van der Waals surface area contributed by atoms with Crippen LogP contribution in [0, 0.1) is 0 Å². The Balaban J connectivity index is 2.52. The first kappa shape index (κ1) is 14.8. The van der Waals surface area contributed by atoms with Crippen molar-refractivity contribution in [3.05, 3.63) is 33.8 Å². The van der Waals surface area contributed by atoms with Gasteiger partial charge in [-0.3, -0.25) is 0 Å². The van der Waals surface area contributed by atoms with Gasteiger partial charge in [-0.05, 0) is 30.2 Å². The third-order valence-corrected chi connectivity index (χ3v) is 2.96. The van der Waals surface area contributed by atoms with E-state index in [0.29, 0.717) is 16.1 Å². The van der Waals surface area contributed by atoms with Crippen molar-refractivity contribution in [1.82, 2.24) is 5.32 Å². The highest BCUT2D eigenvalue weighted by molar-refractivity contribution is 6.34. The summed E-state index contributed by atoms with van der Waals surface area (Å²) in [5.41, 5.74) is 1.10. The van der Waals surface area contributed by atoms with E-state index in [1.54, 1.807) is 13.2 Å². The van der Waals surface area contributed by atoms with Crippen LogP contribution in [-0.4, -0.2) is 19.8 Å². The summed E-state index contributed by atoms with van der Waals surface area (Å²) in [6.45, 7) is 3.65. The fourth-order valence-corrected chi connectivity index (χ4v) is 2.34. The molecule has 2 nitrogen and oxygen atoms in total. The Morgan fingerprint density at radius 1 is 1.24 bits per heavy atom. The van der Waals surface area contributed by atoms with E-state index in [1.807, 2.05) is 12.1 Å². The molecule has 0 aliphatic rings. The van der Waals surface area contributed by atoms with Crippen molar-refractivity contribution in [3.63, 3.8) is 0 Å².